The lowest BCUT2D eigenvalue weighted by Gasteiger charge is -2.05. The minimum atomic E-state index is -0.164. The summed E-state index contributed by atoms with van der Waals surface area (Å²) in [5.74, 6) is -0.233. The van der Waals surface area contributed by atoms with Crippen LogP contribution in [0.5, 0.6) is 0 Å². The molecule has 0 bridgehead atoms. The maximum Gasteiger partial charge on any atom is 0.175 e. The number of allylic oxidation sites excluding steroid dienone is 1. The van der Waals surface area contributed by atoms with Gasteiger partial charge in [0.15, 0.2) is 11.6 Å². The molecule has 0 saturated heterocycles. The lowest BCUT2D eigenvalue weighted by molar-refractivity contribution is -0.113. The van der Waals surface area contributed by atoms with Crippen LogP contribution in [0.1, 0.15) is 24.2 Å². The molecule has 0 fully saturated rings. The highest BCUT2D eigenvalue weighted by molar-refractivity contribution is 7.19. The largest absolute Gasteiger partial charge is 0.399 e. The fraction of sp³-hybridized carbons (Fsp3) is 0.125. The number of ketones is 2. The van der Waals surface area contributed by atoms with E-state index >= 15 is 0 Å². The predicted molar refractivity (Wildman–Crippen MR) is 87.6 cm³/mol. The van der Waals surface area contributed by atoms with E-state index in [1.807, 2.05) is 18.2 Å². The van der Waals surface area contributed by atoms with Crippen molar-refractivity contribution in [3.8, 4) is 10.4 Å². The van der Waals surface area contributed by atoms with Gasteiger partial charge in [0.2, 0.25) is 0 Å². The van der Waals surface area contributed by atoms with E-state index in [0.717, 1.165) is 10.4 Å². The summed E-state index contributed by atoms with van der Waals surface area (Å²) in [7, 11) is 0. The van der Waals surface area contributed by atoms with Crippen LogP contribution in [-0.2, 0) is 4.79 Å². The summed E-state index contributed by atoms with van der Waals surface area (Å²) in [6.07, 6.45) is 0. The third kappa shape index (κ3) is 3.38. The van der Waals surface area contributed by atoms with Crippen LogP contribution in [-0.4, -0.2) is 11.6 Å². The molecule has 108 valence electrons. The summed E-state index contributed by atoms with van der Waals surface area (Å²) < 4.78 is 0. The minimum Gasteiger partial charge on any atom is -0.399 e. The zero-order valence-electron chi connectivity index (χ0n) is 11.9. The fourth-order valence-electron chi connectivity index (χ4n) is 1.80. The molecule has 4 nitrogen and oxygen atoms in total. The van der Waals surface area contributed by atoms with Gasteiger partial charge in [-0.2, -0.15) is 0 Å². The van der Waals surface area contributed by atoms with Crippen molar-refractivity contribution in [1.29, 1.82) is 0 Å². The van der Waals surface area contributed by atoms with E-state index in [0.29, 0.717) is 16.3 Å². The van der Waals surface area contributed by atoms with Crippen molar-refractivity contribution in [2.24, 2.45) is 0 Å². The van der Waals surface area contributed by atoms with Gasteiger partial charge in [-0.25, -0.2) is 0 Å². The van der Waals surface area contributed by atoms with Crippen LogP contribution in [0.3, 0.4) is 0 Å². The van der Waals surface area contributed by atoms with Gasteiger partial charge in [0.05, 0.1) is 11.3 Å². The molecule has 1 aromatic carbocycles. The average molecular weight is 300 g/mol. The number of nitrogens with one attached hydrogen (secondary N) is 1. The van der Waals surface area contributed by atoms with Crippen molar-refractivity contribution in [2.75, 3.05) is 11.1 Å². The Kier molecular flexibility index (Phi) is 4.23. The van der Waals surface area contributed by atoms with E-state index in [1.165, 1.54) is 25.2 Å². The highest BCUT2D eigenvalue weighted by atomic mass is 32.1. The number of nitrogens with two attached hydrogens (primary N) is 1. The molecule has 0 aliphatic rings. The van der Waals surface area contributed by atoms with Crippen molar-refractivity contribution in [1.82, 2.24) is 0 Å². The number of anilines is 2. The highest BCUT2D eigenvalue weighted by Crippen LogP contribution is 2.36. The van der Waals surface area contributed by atoms with Crippen molar-refractivity contribution in [3.05, 3.63) is 48.2 Å². The van der Waals surface area contributed by atoms with Crippen molar-refractivity contribution in [3.63, 3.8) is 0 Å². The van der Waals surface area contributed by atoms with Gasteiger partial charge in [-0.1, -0.05) is 18.7 Å². The van der Waals surface area contributed by atoms with E-state index < -0.39 is 0 Å². The van der Waals surface area contributed by atoms with Crippen molar-refractivity contribution in [2.45, 2.75) is 13.8 Å². The molecule has 0 unspecified atom stereocenters. The molecule has 0 radical (unpaired) electrons. The molecule has 5 heteroatoms. The highest BCUT2D eigenvalue weighted by Gasteiger charge is 2.15. The number of thiophene rings is 1. The van der Waals surface area contributed by atoms with Crippen LogP contribution in [0.4, 0.5) is 10.7 Å². The molecular formula is C16H16N2O2S. The molecule has 0 saturated carbocycles. The van der Waals surface area contributed by atoms with Gasteiger partial charge in [0.25, 0.3) is 0 Å². The van der Waals surface area contributed by atoms with Crippen LogP contribution in [0.15, 0.2) is 42.6 Å². The van der Waals surface area contributed by atoms with Crippen LogP contribution in [0, 0.1) is 0 Å². The average Bonchev–Trinajstić information content (AvgIpc) is 2.82. The normalized spacial score (nSPS) is 10.2. The summed E-state index contributed by atoms with van der Waals surface area (Å²) in [5, 5.41) is 3.54. The second-order valence-electron chi connectivity index (χ2n) is 4.69. The molecular weight excluding hydrogens is 284 g/mol. The predicted octanol–water partition coefficient (Wildman–Crippen LogP) is 3.71. The quantitative estimate of drug-likeness (QED) is 0.501. The molecule has 1 aromatic heterocycles. The Hall–Kier alpha value is -2.40. The summed E-state index contributed by atoms with van der Waals surface area (Å²) >= 11 is 1.39. The number of hydrogen-bond donors (Lipinski definition) is 2. The van der Waals surface area contributed by atoms with Crippen LogP contribution >= 0.6 is 11.3 Å². The molecule has 2 aromatic rings. The van der Waals surface area contributed by atoms with E-state index in [9.17, 15) is 9.59 Å². The second kappa shape index (κ2) is 5.93. The fourth-order valence-corrected chi connectivity index (χ4v) is 2.93. The number of hydrogen-bond acceptors (Lipinski definition) is 5. The summed E-state index contributed by atoms with van der Waals surface area (Å²) in [5.41, 5.74) is 8.18. The second-order valence-corrected chi connectivity index (χ2v) is 5.75. The number of Topliss-reactive ketones (excluding diaryl/α,β-unsaturated/α-hetero) is 2. The molecule has 2 rings (SSSR count). The number of carbonyl (C=O) groups excluding carboxylic acids is 2. The third-order valence-corrected chi connectivity index (χ3v) is 4.07. The van der Waals surface area contributed by atoms with Gasteiger partial charge in [0, 0.05) is 17.5 Å². The van der Waals surface area contributed by atoms with Crippen molar-refractivity contribution >= 4 is 33.6 Å². The van der Waals surface area contributed by atoms with Gasteiger partial charge < -0.3 is 11.1 Å². The van der Waals surface area contributed by atoms with E-state index in [2.05, 4.69) is 11.9 Å². The topological polar surface area (TPSA) is 72.2 Å². The Morgan fingerprint density at radius 1 is 1.24 bits per heavy atom. The van der Waals surface area contributed by atoms with Gasteiger partial charge >= 0.3 is 0 Å². The summed E-state index contributed by atoms with van der Waals surface area (Å²) in [6.45, 7) is 6.58. The SMILES string of the molecule is C=C(Nc1sc(-c2cccc(N)c2)cc1C(C)=O)C(C)=O. The number of nitrogen functional groups attached to an aromatic ring is 1. The maximum absolute atomic E-state index is 11.8. The molecule has 1 heterocycles. The Labute approximate surface area is 127 Å². The summed E-state index contributed by atoms with van der Waals surface area (Å²) in [6, 6.07) is 9.24. The van der Waals surface area contributed by atoms with Crippen molar-refractivity contribution < 1.29 is 9.59 Å². The maximum atomic E-state index is 11.8. The minimum absolute atomic E-state index is 0.0692. The van der Waals surface area contributed by atoms with Crippen LogP contribution in [0.2, 0.25) is 0 Å². The molecule has 0 atom stereocenters. The first-order chi connectivity index (χ1) is 9.88. The molecule has 0 spiro atoms. The lowest BCUT2D eigenvalue weighted by atomic mass is 10.1. The summed E-state index contributed by atoms with van der Waals surface area (Å²) in [4.78, 5) is 24.0. The van der Waals surface area contributed by atoms with E-state index in [1.54, 1.807) is 12.1 Å². The van der Waals surface area contributed by atoms with E-state index in [4.69, 9.17) is 5.73 Å². The standard InChI is InChI=1S/C16H16N2O2S/c1-9(10(2)19)18-16-14(11(3)20)8-15(21-16)12-5-4-6-13(17)7-12/h4-8,18H,1,17H2,2-3H3. The van der Waals surface area contributed by atoms with E-state index in [-0.39, 0.29) is 17.3 Å². The number of benzene rings is 1. The third-order valence-electron chi connectivity index (χ3n) is 2.97. The molecule has 3 N–H and O–H groups in total. The lowest BCUT2D eigenvalue weighted by Crippen LogP contribution is -2.07. The number of rotatable bonds is 5. The van der Waals surface area contributed by atoms with Crippen LogP contribution < -0.4 is 11.1 Å². The molecule has 0 aliphatic heterocycles. The Morgan fingerprint density at radius 3 is 2.52 bits per heavy atom. The molecule has 0 amide bonds. The first-order valence-electron chi connectivity index (χ1n) is 6.36. The smallest absolute Gasteiger partial charge is 0.175 e. The Bertz CT molecular complexity index is 732. The first kappa shape index (κ1) is 15.0. The van der Waals surface area contributed by atoms with Gasteiger partial charge in [-0.3, -0.25) is 9.59 Å². The zero-order chi connectivity index (χ0) is 15.6. The zero-order valence-corrected chi connectivity index (χ0v) is 12.7. The monoisotopic (exact) mass is 300 g/mol. The van der Waals surface area contributed by atoms with Gasteiger partial charge in [0.1, 0.15) is 5.00 Å². The van der Waals surface area contributed by atoms with Crippen LogP contribution in [0.25, 0.3) is 10.4 Å². The first-order valence-corrected chi connectivity index (χ1v) is 7.17. The van der Waals surface area contributed by atoms with Gasteiger partial charge in [-0.05, 0) is 30.7 Å². The number of carbonyl (C=O) groups is 2. The molecule has 0 aliphatic carbocycles. The Morgan fingerprint density at radius 2 is 1.95 bits per heavy atom. The Balaban J connectivity index is 2.44. The molecule has 21 heavy (non-hydrogen) atoms. The van der Waals surface area contributed by atoms with Gasteiger partial charge in [-0.15, -0.1) is 11.3 Å².